The third kappa shape index (κ3) is 4.12. The fourth-order valence-electron chi connectivity index (χ4n) is 5.16. The Morgan fingerprint density at radius 3 is 1.74 bits per heavy atom. The lowest BCUT2D eigenvalue weighted by atomic mass is 9.96. The molecule has 5 heteroatoms. The van der Waals surface area contributed by atoms with Crippen LogP contribution in [0.1, 0.15) is 5.56 Å². The molecular weight excluding hydrogens is 495 g/mol. The largest absolute Gasteiger partial charge is 0.437 e. The van der Waals surface area contributed by atoms with Crippen molar-refractivity contribution in [2.24, 2.45) is 0 Å². The third-order valence-electron chi connectivity index (χ3n) is 7.19. The van der Waals surface area contributed by atoms with Gasteiger partial charge in [-0.3, -0.25) is 0 Å². The molecule has 0 aliphatic heterocycles. The highest BCUT2D eigenvalue weighted by Crippen LogP contribution is 2.36. The predicted octanol–water partition coefficient (Wildman–Crippen LogP) is 10.2. The number of hydrogen-bond donors (Lipinski definition) is 0. The van der Waals surface area contributed by atoms with Gasteiger partial charge in [-0.15, -0.1) is 0 Å². The molecule has 0 saturated heterocycles. The molecule has 0 atom stereocenters. The highest BCUT2D eigenvalue weighted by molar-refractivity contribution is 6.08. The minimum atomic E-state index is -4.34. The van der Waals surface area contributed by atoms with Crippen LogP contribution < -0.4 is 0 Å². The van der Waals surface area contributed by atoms with Gasteiger partial charge in [-0.05, 0) is 75.0 Å². The summed E-state index contributed by atoms with van der Waals surface area (Å²) in [7, 11) is 0. The lowest BCUT2D eigenvalue weighted by Crippen LogP contribution is -2.03. The van der Waals surface area contributed by atoms with Gasteiger partial charge in [0, 0.05) is 22.5 Å². The molecule has 0 spiro atoms. The van der Waals surface area contributed by atoms with Crippen molar-refractivity contribution < 1.29 is 17.6 Å². The van der Waals surface area contributed by atoms with Gasteiger partial charge < -0.3 is 4.42 Å². The fraction of sp³-hybridized carbons (Fsp3) is 0.0294. The molecule has 0 saturated carbocycles. The Balaban J connectivity index is 1.19. The van der Waals surface area contributed by atoms with E-state index in [1.54, 1.807) is 6.20 Å². The molecule has 0 N–H and O–H groups in total. The van der Waals surface area contributed by atoms with E-state index < -0.39 is 11.7 Å². The molecule has 0 unspecified atom stereocenters. The number of alkyl halides is 3. The van der Waals surface area contributed by atoms with E-state index in [9.17, 15) is 13.2 Å². The summed E-state index contributed by atoms with van der Waals surface area (Å²) >= 11 is 0. The number of fused-ring (bicyclic) bond motifs is 4. The van der Waals surface area contributed by atoms with Gasteiger partial charge in [-0.1, -0.05) is 78.9 Å². The number of para-hydroxylation sites is 1. The second-order valence-electron chi connectivity index (χ2n) is 9.57. The van der Waals surface area contributed by atoms with Crippen LogP contribution >= 0.6 is 0 Å². The van der Waals surface area contributed by atoms with Crippen LogP contribution in [0.3, 0.4) is 0 Å². The highest BCUT2D eigenvalue weighted by Gasteiger charge is 2.30. The van der Waals surface area contributed by atoms with Gasteiger partial charge in [0.15, 0.2) is 0 Å². The standard InChI is InChI=1S/C34H20F3NO/c35-34(36,37)28-16-14-22(15-17-28)25-11-13-26-19-24(10-12-27(26)20-25)21-6-8-23(9-7-21)29-3-1-4-30-31-5-2-18-38-33(31)39-32(29)30/h1-20H. The zero-order valence-electron chi connectivity index (χ0n) is 20.5. The molecule has 188 valence electrons. The van der Waals surface area contributed by atoms with Gasteiger partial charge in [0.2, 0.25) is 5.71 Å². The number of benzene rings is 5. The fourth-order valence-corrected chi connectivity index (χ4v) is 5.16. The molecule has 39 heavy (non-hydrogen) atoms. The van der Waals surface area contributed by atoms with E-state index >= 15 is 0 Å². The Kier molecular flexibility index (Phi) is 5.27. The summed E-state index contributed by atoms with van der Waals surface area (Å²) in [6.07, 6.45) is -2.60. The van der Waals surface area contributed by atoms with Crippen molar-refractivity contribution in [3.05, 3.63) is 127 Å². The van der Waals surface area contributed by atoms with Crippen LogP contribution in [0.2, 0.25) is 0 Å². The minimum absolute atomic E-state index is 0.634. The first-order valence-electron chi connectivity index (χ1n) is 12.5. The van der Waals surface area contributed by atoms with E-state index in [1.165, 1.54) is 12.1 Å². The van der Waals surface area contributed by atoms with Gasteiger partial charge in [-0.25, -0.2) is 4.98 Å². The molecule has 2 aromatic heterocycles. The SMILES string of the molecule is FC(F)(F)c1ccc(-c2ccc3cc(-c4ccc(-c5cccc6c5oc5ncccc56)cc4)ccc3c2)cc1. The van der Waals surface area contributed by atoms with Gasteiger partial charge in [-0.2, -0.15) is 13.2 Å². The number of halogens is 3. The summed E-state index contributed by atoms with van der Waals surface area (Å²) in [4.78, 5) is 4.36. The number of aromatic nitrogens is 1. The number of rotatable bonds is 3. The number of pyridine rings is 1. The molecule has 0 aliphatic rings. The van der Waals surface area contributed by atoms with E-state index in [2.05, 4.69) is 53.5 Å². The molecule has 0 bridgehead atoms. The maximum atomic E-state index is 12.9. The summed E-state index contributed by atoms with van der Waals surface area (Å²) < 4.78 is 44.8. The van der Waals surface area contributed by atoms with E-state index in [0.717, 1.165) is 72.6 Å². The molecule has 0 fully saturated rings. The summed E-state index contributed by atoms with van der Waals surface area (Å²) in [5.74, 6) is 0. The van der Waals surface area contributed by atoms with Gasteiger partial charge in [0.05, 0.1) is 5.56 Å². The molecule has 0 radical (unpaired) electrons. The Bertz CT molecular complexity index is 1990. The van der Waals surface area contributed by atoms with E-state index in [1.807, 2.05) is 42.5 Å². The van der Waals surface area contributed by atoms with E-state index in [0.29, 0.717) is 5.71 Å². The first kappa shape index (κ1) is 23.2. The minimum Gasteiger partial charge on any atom is -0.437 e. The van der Waals surface area contributed by atoms with Crippen molar-refractivity contribution in [2.45, 2.75) is 6.18 Å². The summed E-state index contributed by atoms with van der Waals surface area (Å²) in [6.45, 7) is 0. The normalized spacial score (nSPS) is 12.0. The second kappa shape index (κ2) is 8.84. The van der Waals surface area contributed by atoms with Crippen molar-refractivity contribution in [2.75, 3.05) is 0 Å². The van der Waals surface area contributed by atoms with Crippen LogP contribution in [0.5, 0.6) is 0 Å². The van der Waals surface area contributed by atoms with Crippen LogP contribution in [0.4, 0.5) is 13.2 Å². The predicted molar refractivity (Wildman–Crippen MR) is 150 cm³/mol. The average molecular weight is 516 g/mol. The smallest absolute Gasteiger partial charge is 0.416 e. The maximum Gasteiger partial charge on any atom is 0.416 e. The third-order valence-corrected chi connectivity index (χ3v) is 7.19. The van der Waals surface area contributed by atoms with Crippen LogP contribution in [-0.4, -0.2) is 4.98 Å². The highest BCUT2D eigenvalue weighted by atomic mass is 19.4. The summed E-state index contributed by atoms with van der Waals surface area (Å²) in [5.41, 5.74) is 6.70. The van der Waals surface area contributed by atoms with E-state index in [-0.39, 0.29) is 0 Å². The van der Waals surface area contributed by atoms with E-state index in [4.69, 9.17) is 4.42 Å². The first-order valence-corrected chi connectivity index (χ1v) is 12.5. The van der Waals surface area contributed by atoms with Crippen LogP contribution in [0.25, 0.3) is 66.2 Å². The quantitative estimate of drug-likeness (QED) is 0.234. The van der Waals surface area contributed by atoms with Gasteiger partial charge >= 0.3 is 6.18 Å². The zero-order valence-corrected chi connectivity index (χ0v) is 20.5. The Labute approximate surface area is 222 Å². The average Bonchev–Trinajstić information content (AvgIpc) is 3.35. The Morgan fingerprint density at radius 1 is 0.538 bits per heavy atom. The Morgan fingerprint density at radius 2 is 1.10 bits per heavy atom. The van der Waals surface area contributed by atoms with Crippen molar-refractivity contribution in [1.82, 2.24) is 4.98 Å². The monoisotopic (exact) mass is 515 g/mol. The second-order valence-corrected chi connectivity index (χ2v) is 9.57. The topological polar surface area (TPSA) is 26.0 Å². The number of furan rings is 1. The first-order chi connectivity index (χ1) is 18.9. The molecule has 7 aromatic rings. The van der Waals surface area contributed by atoms with Crippen molar-refractivity contribution >= 4 is 32.8 Å². The summed E-state index contributed by atoms with van der Waals surface area (Å²) in [5, 5.41) is 4.14. The van der Waals surface area contributed by atoms with Crippen molar-refractivity contribution in [3.63, 3.8) is 0 Å². The molecule has 2 nitrogen and oxygen atoms in total. The maximum absolute atomic E-state index is 12.9. The lowest BCUT2D eigenvalue weighted by molar-refractivity contribution is -0.137. The molecule has 7 rings (SSSR count). The molecule has 0 amide bonds. The molecule has 2 heterocycles. The number of nitrogens with zero attached hydrogens (tertiary/aromatic N) is 1. The van der Waals surface area contributed by atoms with Crippen LogP contribution in [-0.2, 0) is 6.18 Å². The molecule has 5 aromatic carbocycles. The molecule has 0 aliphatic carbocycles. The lowest BCUT2D eigenvalue weighted by Gasteiger charge is -2.10. The van der Waals surface area contributed by atoms with Gasteiger partial charge in [0.1, 0.15) is 5.58 Å². The van der Waals surface area contributed by atoms with Crippen molar-refractivity contribution in [3.8, 4) is 33.4 Å². The molecular formula is C34H20F3NO. The zero-order chi connectivity index (χ0) is 26.6. The van der Waals surface area contributed by atoms with Gasteiger partial charge in [0.25, 0.3) is 0 Å². The van der Waals surface area contributed by atoms with Crippen molar-refractivity contribution in [1.29, 1.82) is 0 Å². The number of hydrogen-bond acceptors (Lipinski definition) is 2. The van der Waals surface area contributed by atoms with Crippen LogP contribution in [0.15, 0.2) is 126 Å². The Hall–Kier alpha value is -4.90. The van der Waals surface area contributed by atoms with Crippen LogP contribution in [0, 0.1) is 0 Å². The summed E-state index contributed by atoms with van der Waals surface area (Å²) in [6, 6.07) is 36.0.